The van der Waals surface area contributed by atoms with E-state index in [1.54, 1.807) is 14.2 Å². The summed E-state index contributed by atoms with van der Waals surface area (Å²) in [6.45, 7) is 9.89. The molecule has 1 aromatic rings. The Balaban J connectivity index is 1.84. The minimum Gasteiger partial charge on any atom is -0.493 e. The van der Waals surface area contributed by atoms with E-state index in [1.807, 2.05) is 0 Å². The van der Waals surface area contributed by atoms with E-state index >= 15 is 0 Å². The molecular weight excluding hydrogens is 278 g/mol. The highest BCUT2D eigenvalue weighted by Gasteiger charge is 2.29. The van der Waals surface area contributed by atoms with Crippen LogP contribution in [0.15, 0.2) is 12.1 Å². The predicted molar refractivity (Wildman–Crippen MR) is 87.7 cm³/mol. The van der Waals surface area contributed by atoms with Crippen LogP contribution in [0.3, 0.4) is 0 Å². The van der Waals surface area contributed by atoms with E-state index in [1.165, 1.54) is 11.1 Å². The third-order valence-corrected chi connectivity index (χ3v) is 4.95. The smallest absolute Gasteiger partial charge is 0.161 e. The van der Waals surface area contributed by atoms with Crippen LogP contribution in [0, 0.1) is 0 Å². The van der Waals surface area contributed by atoms with Gasteiger partial charge in [-0.15, -0.1) is 0 Å². The topological polar surface area (TPSA) is 37.0 Å². The summed E-state index contributed by atoms with van der Waals surface area (Å²) < 4.78 is 10.9. The number of nitrogens with zero attached hydrogens (tertiary/aromatic N) is 2. The molecule has 1 fully saturated rings. The van der Waals surface area contributed by atoms with E-state index in [4.69, 9.17) is 9.47 Å². The summed E-state index contributed by atoms with van der Waals surface area (Å²) in [6.07, 6.45) is 0. The molecule has 2 aliphatic heterocycles. The lowest BCUT2D eigenvalue weighted by Gasteiger charge is -2.41. The Morgan fingerprint density at radius 3 is 2.41 bits per heavy atom. The van der Waals surface area contributed by atoms with Gasteiger partial charge in [0.15, 0.2) is 11.5 Å². The molecule has 22 heavy (non-hydrogen) atoms. The molecule has 2 aliphatic rings. The van der Waals surface area contributed by atoms with Gasteiger partial charge in [-0.05, 0) is 29.8 Å². The summed E-state index contributed by atoms with van der Waals surface area (Å²) in [5, 5.41) is 3.55. The van der Waals surface area contributed by atoms with Gasteiger partial charge in [0.05, 0.1) is 14.2 Å². The molecule has 122 valence electrons. The molecule has 0 bridgehead atoms. The van der Waals surface area contributed by atoms with Gasteiger partial charge in [0.25, 0.3) is 0 Å². The molecule has 0 aromatic heterocycles. The number of fused-ring (bicyclic) bond motifs is 1. The number of piperazine rings is 1. The molecule has 1 saturated heterocycles. The Morgan fingerprint density at radius 2 is 1.77 bits per heavy atom. The molecule has 0 aliphatic carbocycles. The van der Waals surface area contributed by atoms with Crippen molar-refractivity contribution in [2.45, 2.75) is 19.5 Å². The van der Waals surface area contributed by atoms with E-state index in [0.29, 0.717) is 6.04 Å². The zero-order valence-electron chi connectivity index (χ0n) is 13.9. The quantitative estimate of drug-likeness (QED) is 0.912. The van der Waals surface area contributed by atoms with Gasteiger partial charge in [-0.25, -0.2) is 0 Å². The van der Waals surface area contributed by atoms with Crippen molar-refractivity contribution in [2.75, 3.05) is 53.5 Å². The number of rotatable bonds is 4. The molecule has 0 saturated carbocycles. The highest BCUT2D eigenvalue weighted by molar-refractivity contribution is 5.49. The van der Waals surface area contributed by atoms with Gasteiger partial charge in [0.1, 0.15) is 0 Å². The van der Waals surface area contributed by atoms with Gasteiger partial charge in [0, 0.05) is 45.3 Å². The largest absolute Gasteiger partial charge is 0.493 e. The average molecular weight is 305 g/mol. The van der Waals surface area contributed by atoms with Gasteiger partial charge < -0.3 is 19.7 Å². The van der Waals surface area contributed by atoms with Gasteiger partial charge in [-0.1, -0.05) is 6.92 Å². The summed E-state index contributed by atoms with van der Waals surface area (Å²) in [5.74, 6) is 1.65. The molecular formula is C17H27N3O2. The highest BCUT2D eigenvalue weighted by atomic mass is 16.5. The van der Waals surface area contributed by atoms with Crippen molar-refractivity contribution >= 4 is 0 Å². The zero-order valence-corrected chi connectivity index (χ0v) is 13.9. The molecule has 0 radical (unpaired) electrons. The number of benzene rings is 1. The fourth-order valence-corrected chi connectivity index (χ4v) is 3.57. The first-order chi connectivity index (χ1) is 10.8. The van der Waals surface area contributed by atoms with E-state index in [0.717, 1.165) is 57.3 Å². The Kier molecular flexibility index (Phi) is 4.86. The van der Waals surface area contributed by atoms with E-state index in [9.17, 15) is 0 Å². The first kappa shape index (κ1) is 15.6. The molecule has 0 amide bonds. The lowest BCUT2D eigenvalue weighted by Crippen LogP contribution is -2.50. The Labute approximate surface area is 133 Å². The third kappa shape index (κ3) is 2.93. The van der Waals surface area contributed by atoms with Crippen molar-refractivity contribution in [1.29, 1.82) is 0 Å². The van der Waals surface area contributed by atoms with Crippen LogP contribution < -0.4 is 14.8 Å². The van der Waals surface area contributed by atoms with Gasteiger partial charge in [0.2, 0.25) is 0 Å². The fraction of sp³-hybridized carbons (Fsp3) is 0.647. The van der Waals surface area contributed by atoms with Gasteiger partial charge in [-0.3, -0.25) is 4.90 Å². The Hall–Kier alpha value is -1.30. The van der Waals surface area contributed by atoms with Crippen LogP contribution >= 0.6 is 0 Å². The minimum absolute atomic E-state index is 0.433. The lowest BCUT2D eigenvalue weighted by atomic mass is 9.94. The van der Waals surface area contributed by atoms with Crippen LogP contribution in [0.2, 0.25) is 0 Å². The second-order valence-corrected chi connectivity index (χ2v) is 6.02. The normalized spacial score (nSPS) is 23.1. The van der Waals surface area contributed by atoms with Crippen molar-refractivity contribution < 1.29 is 9.47 Å². The zero-order chi connectivity index (χ0) is 15.5. The number of hydrogen-bond acceptors (Lipinski definition) is 5. The minimum atomic E-state index is 0.433. The van der Waals surface area contributed by atoms with Crippen LogP contribution in [0.4, 0.5) is 0 Å². The van der Waals surface area contributed by atoms with E-state index in [2.05, 4.69) is 34.2 Å². The number of likely N-dealkylation sites (N-methyl/N-ethyl adjacent to an activating group) is 1. The third-order valence-electron chi connectivity index (χ3n) is 4.95. The summed E-state index contributed by atoms with van der Waals surface area (Å²) in [6, 6.07) is 4.73. The van der Waals surface area contributed by atoms with Crippen molar-refractivity contribution in [3.05, 3.63) is 23.3 Å². The second kappa shape index (κ2) is 6.86. The monoisotopic (exact) mass is 305 g/mol. The van der Waals surface area contributed by atoms with Gasteiger partial charge >= 0.3 is 0 Å². The molecule has 0 unspecified atom stereocenters. The number of methoxy groups -OCH3 is 2. The Morgan fingerprint density at radius 1 is 1.09 bits per heavy atom. The maximum Gasteiger partial charge on any atom is 0.161 e. The van der Waals surface area contributed by atoms with E-state index in [-0.39, 0.29) is 0 Å². The average Bonchev–Trinajstić information content (AvgIpc) is 2.60. The molecule has 1 atom stereocenters. The molecule has 3 rings (SSSR count). The van der Waals surface area contributed by atoms with Crippen LogP contribution in [0.1, 0.15) is 24.1 Å². The molecule has 1 N–H and O–H groups in total. The maximum atomic E-state index is 5.50. The standard InChI is InChI=1S/C17H27N3O2/c1-4-19-5-7-20(8-6-19)15-12-18-11-13-9-16(21-2)17(22-3)10-14(13)15/h9-10,15,18H,4-8,11-12H2,1-3H3/t15-/m1/s1. The van der Waals surface area contributed by atoms with E-state index < -0.39 is 0 Å². The predicted octanol–water partition coefficient (Wildman–Crippen LogP) is 1.49. The first-order valence-electron chi connectivity index (χ1n) is 8.18. The van der Waals surface area contributed by atoms with Crippen molar-refractivity contribution in [3.63, 3.8) is 0 Å². The van der Waals surface area contributed by atoms with Gasteiger partial charge in [-0.2, -0.15) is 0 Å². The second-order valence-electron chi connectivity index (χ2n) is 6.02. The van der Waals surface area contributed by atoms with Crippen LogP contribution in [0.5, 0.6) is 11.5 Å². The fourth-order valence-electron chi connectivity index (χ4n) is 3.57. The maximum absolute atomic E-state index is 5.50. The number of hydrogen-bond donors (Lipinski definition) is 1. The summed E-state index contributed by atoms with van der Waals surface area (Å²) in [7, 11) is 3.41. The first-order valence-corrected chi connectivity index (χ1v) is 8.18. The molecule has 5 heteroatoms. The summed E-state index contributed by atoms with van der Waals surface area (Å²) >= 11 is 0. The Bertz CT molecular complexity index is 513. The molecule has 0 spiro atoms. The molecule has 2 heterocycles. The summed E-state index contributed by atoms with van der Waals surface area (Å²) in [5.41, 5.74) is 2.72. The molecule has 1 aromatic carbocycles. The van der Waals surface area contributed by atoms with Crippen LogP contribution in [-0.2, 0) is 6.54 Å². The lowest BCUT2D eigenvalue weighted by molar-refractivity contribution is 0.0947. The van der Waals surface area contributed by atoms with Crippen LogP contribution in [0.25, 0.3) is 0 Å². The number of nitrogens with one attached hydrogen (secondary N) is 1. The SMILES string of the molecule is CCN1CCN([C@@H]2CNCc3cc(OC)c(OC)cc32)CC1. The van der Waals surface area contributed by atoms with Crippen LogP contribution in [-0.4, -0.2) is 63.3 Å². The highest BCUT2D eigenvalue weighted by Crippen LogP contribution is 2.36. The molecule has 5 nitrogen and oxygen atoms in total. The number of ether oxygens (including phenoxy) is 2. The van der Waals surface area contributed by atoms with Crippen molar-refractivity contribution in [1.82, 2.24) is 15.1 Å². The van der Waals surface area contributed by atoms with Crippen molar-refractivity contribution in [2.24, 2.45) is 0 Å². The van der Waals surface area contributed by atoms with Crippen molar-refractivity contribution in [3.8, 4) is 11.5 Å². The summed E-state index contributed by atoms with van der Waals surface area (Å²) in [4.78, 5) is 5.12.